The van der Waals surface area contributed by atoms with Crippen LogP contribution in [0, 0.1) is 5.82 Å². The molecule has 6 nitrogen and oxygen atoms in total. The Morgan fingerprint density at radius 2 is 1.86 bits per heavy atom. The van der Waals surface area contributed by atoms with Gasteiger partial charge in [0.15, 0.2) is 11.5 Å². The number of hydrogen-bond acceptors (Lipinski definition) is 5. The lowest BCUT2D eigenvalue weighted by molar-refractivity contribution is 0.350. The summed E-state index contributed by atoms with van der Waals surface area (Å²) in [5.41, 5.74) is 5.57. The van der Waals surface area contributed by atoms with Gasteiger partial charge in [0.1, 0.15) is 10.7 Å². The van der Waals surface area contributed by atoms with Crippen LogP contribution in [0.4, 0.5) is 4.39 Å². The van der Waals surface area contributed by atoms with Crippen molar-refractivity contribution in [2.75, 3.05) is 20.8 Å². The minimum Gasteiger partial charge on any atom is -0.493 e. The predicted octanol–water partition coefficient (Wildman–Crippen LogP) is 1.64. The summed E-state index contributed by atoms with van der Waals surface area (Å²) in [4.78, 5) is -0.486. The molecule has 0 aromatic heterocycles. The minimum absolute atomic E-state index is 0.125. The van der Waals surface area contributed by atoms with E-state index >= 15 is 0 Å². The van der Waals surface area contributed by atoms with E-state index in [9.17, 15) is 12.8 Å². The van der Waals surface area contributed by atoms with Gasteiger partial charge in [0.05, 0.1) is 14.2 Å². The van der Waals surface area contributed by atoms with Gasteiger partial charge in [-0.3, -0.25) is 0 Å². The second-order valence-electron chi connectivity index (χ2n) is 4.83. The van der Waals surface area contributed by atoms with Gasteiger partial charge in [-0.05, 0) is 6.42 Å². The number of halogens is 1. The highest BCUT2D eigenvalue weighted by Gasteiger charge is 2.25. The molecule has 0 aliphatic heterocycles. The Balaban J connectivity index is 3.11. The van der Waals surface area contributed by atoms with E-state index < -0.39 is 26.8 Å². The zero-order valence-electron chi connectivity index (χ0n) is 13.1. The van der Waals surface area contributed by atoms with Crippen LogP contribution in [-0.4, -0.2) is 35.2 Å². The smallest absolute Gasteiger partial charge is 0.243 e. The molecule has 0 saturated heterocycles. The Hall–Kier alpha value is -1.38. The topological polar surface area (TPSA) is 90.7 Å². The van der Waals surface area contributed by atoms with E-state index in [0.717, 1.165) is 25.0 Å². The number of nitrogens with one attached hydrogen (secondary N) is 1. The molecule has 1 aromatic carbocycles. The van der Waals surface area contributed by atoms with Crippen LogP contribution in [0.25, 0.3) is 0 Å². The minimum atomic E-state index is -4.03. The van der Waals surface area contributed by atoms with Crippen LogP contribution in [0.15, 0.2) is 17.0 Å². The molecule has 0 amide bonds. The molecule has 0 aliphatic rings. The number of nitrogens with two attached hydrogens (primary N) is 1. The molecule has 3 N–H and O–H groups in total. The summed E-state index contributed by atoms with van der Waals surface area (Å²) >= 11 is 0. The van der Waals surface area contributed by atoms with E-state index in [1.165, 1.54) is 14.2 Å². The van der Waals surface area contributed by atoms with E-state index in [4.69, 9.17) is 15.2 Å². The van der Waals surface area contributed by atoms with Crippen molar-refractivity contribution in [2.24, 2.45) is 5.73 Å². The predicted molar refractivity (Wildman–Crippen MR) is 82.2 cm³/mol. The van der Waals surface area contributed by atoms with Crippen LogP contribution in [0.1, 0.15) is 26.2 Å². The molecule has 0 heterocycles. The Morgan fingerprint density at radius 3 is 2.36 bits per heavy atom. The van der Waals surface area contributed by atoms with Gasteiger partial charge in [0.25, 0.3) is 0 Å². The van der Waals surface area contributed by atoms with E-state index in [-0.39, 0.29) is 18.0 Å². The average Bonchev–Trinajstić information content (AvgIpc) is 2.50. The number of hydrogen-bond donors (Lipinski definition) is 2. The fraction of sp³-hybridized carbons (Fsp3) is 0.571. The summed E-state index contributed by atoms with van der Waals surface area (Å²) < 4.78 is 51.2. The third-order valence-corrected chi connectivity index (χ3v) is 4.78. The molecule has 1 aromatic rings. The molecule has 0 bridgehead atoms. The zero-order chi connectivity index (χ0) is 16.8. The van der Waals surface area contributed by atoms with Gasteiger partial charge in [-0.1, -0.05) is 19.8 Å². The quantitative estimate of drug-likeness (QED) is 0.716. The Kier molecular flexibility index (Phi) is 7.05. The summed E-state index contributed by atoms with van der Waals surface area (Å²) in [5, 5.41) is 0. The number of benzene rings is 1. The summed E-state index contributed by atoms with van der Waals surface area (Å²) in [6.07, 6.45) is 2.35. The van der Waals surface area contributed by atoms with Crippen molar-refractivity contribution in [1.82, 2.24) is 4.72 Å². The first-order chi connectivity index (χ1) is 10.4. The number of sulfonamides is 1. The van der Waals surface area contributed by atoms with Crippen LogP contribution in [0.3, 0.4) is 0 Å². The van der Waals surface area contributed by atoms with Gasteiger partial charge in [-0.2, -0.15) is 0 Å². The molecule has 1 rings (SSSR count). The third kappa shape index (κ3) is 4.56. The first-order valence-electron chi connectivity index (χ1n) is 7.03. The molecule has 0 aliphatic carbocycles. The normalized spacial score (nSPS) is 13.0. The molecule has 0 radical (unpaired) electrons. The molecule has 8 heteroatoms. The monoisotopic (exact) mass is 334 g/mol. The highest BCUT2D eigenvalue weighted by Crippen LogP contribution is 2.31. The molecular formula is C14H23FN2O4S. The number of unbranched alkanes of at least 4 members (excludes halogenated alkanes) is 1. The Labute approximate surface area is 130 Å². The van der Waals surface area contributed by atoms with Crippen molar-refractivity contribution in [3.8, 4) is 11.5 Å². The third-order valence-electron chi connectivity index (χ3n) is 3.24. The molecule has 0 spiro atoms. The Morgan fingerprint density at radius 1 is 1.27 bits per heavy atom. The largest absolute Gasteiger partial charge is 0.493 e. The lowest BCUT2D eigenvalue weighted by Gasteiger charge is -2.18. The van der Waals surface area contributed by atoms with Gasteiger partial charge in [0, 0.05) is 24.7 Å². The van der Waals surface area contributed by atoms with Crippen LogP contribution >= 0.6 is 0 Å². The van der Waals surface area contributed by atoms with Crippen molar-refractivity contribution in [1.29, 1.82) is 0 Å². The van der Waals surface area contributed by atoms with Crippen LogP contribution in [0.2, 0.25) is 0 Å². The van der Waals surface area contributed by atoms with Crippen LogP contribution in [-0.2, 0) is 10.0 Å². The maximum Gasteiger partial charge on any atom is 0.243 e. The summed E-state index contributed by atoms with van der Waals surface area (Å²) in [7, 11) is -1.33. The van der Waals surface area contributed by atoms with Gasteiger partial charge >= 0.3 is 0 Å². The fourth-order valence-corrected chi connectivity index (χ4v) is 3.36. The van der Waals surface area contributed by atoms with Crippen molar-refractivity contribution in [2.45, 2.75) is 37.1 Å². The maximum absolute atomic E-state index is 14.1. The number of rotatable bonds is 9. The second-order valence-corrected chi connectivity index (χ2v) is 6.52. The fourth-order valence-electron chi connectivity index (χ4n) is 2.00. The Bertz CT molecular complexity index is 593. The number of ether oxygens (including phenoxy) is 2. The van der Waals surface area contributed by atoms with Crippen molar-refractivity contribution in [3.63, 3.8) is 0 Å². The molecule has 0 saturated carbocycles. The van der Waals surface area contributed by atoms with Crippen LogP contribution < -0.4 is 19.9 Å². The van der Waals surface area contributed by atoms with Crippen molar-refractivity contribution in [3.05, 3.63) is 17.9 Å². The summed E-state index contributed by atoms with van der Waals surface area (Å²) in [5.74, 6) is -0.640. The van der Waals surface area contributed by atoms with Crippen molar-refractivity contribution >= 4 is 10.0 Å². The average molecular weight is 334 g/mol. The SMILES string of the molecule is CCCCC(CN)NS(=O)(=O)c1cc(OC)c(OC)cc1F. The zero-order valence-corrected chi connectivity index (χ0v) is 13.9. The molecule has 0 fully saturated rings. The summed E-state index contributed by atoms with van der Waals surface area (Å²) in [6.45, 7) is 2.14. The van der Waals surface area contributed by atoms with E-state index in [2.05, 4.69) is 4.72 Å². The summed E-state index contributed by atoms with van der Waals surface area (Å²) in [6, 6.07) is 1.65. The molecule has 22 heavy (non-hydrogen) atoms. The van der Waals surface area contributed by atoms with E-state index in [0.29, 0.717) is 6.42 Å². The van der Waals surface area contributed by atoms with Crippen molar-refractivity contribution < 1.29 is 22.3 Å². The first-order valence-corrected chi connectivity index (χ1v) is 8.51. The lowest BCUT2D eigenvalue weighted by Crippen LogP contribution is -2.40. The van der Waals surface area contributed by atoms with Crippen LogP contribution in [0.5, 0.6) is 11.5 Å². The van der Waals surface area contributed by atoms with Gasteiger partial charge < -0.3 is 15.2 Å². The highest BCUT2D eigenvalue weighted by atomic mass is 32.2. The van der Waals surface area contributed by atoms with Gasteiger partial charge in [-0.25, -0.2) is 17.5 Å². The van der Waals surface area contributed by atoms with Gasteiger partial charge in [0.2, 0.25) is 10.0 Å². The van der Waals surface area contributed by atoms with E-state index in [1.807, 2.05) is 6.92 Å². The molecular weight excluding hydrogens is 311 g/mol. The molecule has 126 valence electrons. The number of methoxy groups -OCH3 is 2. The standard InChI is InChI=1S/C14H23FN2O4S/c1-4-5-6-10(9-16)17-22(18,19)14-8-13(21-3)12(20-2)7-11(14)15/h7-8,10,17H,4-6,9,16H2,1-3H3. The molecule has 1 unspecified atom stereocenters. The molecule has 1 atom stereocenters. The first kappa shape index (κ1) is 18.7. The maximum atomic E-state index is 14.1. The highest BCUT2D eigenvalue weighted by molar-refractivity contribution is 7.89. The van der Waals surface area contributed by atoms with E-state index in [1.54, 1.807) is 0 Å². The van der Waals surface area contributed by atoms with Gasteiger partial charge in [-0.15, -0.1) is 0 Å². The lowest BCUT2D eigenvalue weighted by atomic mass is 10.1. The second kappa shape index (κ2) is 8.30.